The van der Waals surface area contributed by atoms with Gasteiger partial charge in [0.05, 0.1) is 23.7 Å². The van der Waals surface area contributed by atoms with Gasteiger partial charge in [0.1, 0.15) is 0 Å². The van der Waals surface area contributed by atoms with Gasteiger partial charge in [0.25, 0.3) is 23.6 Å². The molecule has 16 heteroatoms. The summed E-state index contributed by atoms with van der Waals surface area (Å²) >= 11 is 0. The van der Waals surface area contributed by atoms with Gasteiger partial charge in [0, 0.05) is 34.2 Å². The third kappa shape index (κ3) is 25.5. The smallest absolute Gasteiger partial charge is 0.328 e. The summed E-state index contributed by atoms with van der Waals surface area (Å²) in [5.41, 5.74) is 3.62. The minimum Gasteiger partial charge on any atom is -0.345 e. The lowest BCUT2D eigenvalue weighted by Gasteiger charge is -2.46. The summed E-state index contributed by atoms with van der Waals surface area (Å²) in [4.78, 5) is 114. The van der Waals surface area contributed by atoms with Gasteiger partial charge >= 0.3 is 23.6 Å². The Morgan fingerprint density at radius 3 is 1.07 bits per heavy atom. The highest BCUT2D eigenvalue weighted by molar-refractivity contribution is 6.36. The fourth-order valence-electron chi connectivity index (χ4n) is 15.8. The van der Waals surface area contributed by atoms with E-state index in [2.05, 4.69) is 80.6 Å². The van der Waals surface area contributed by atoms with Crippen LogP contribution < -0.4 is 32.1 Å². The van der Waals surface area contributed by atoms with Crippen LogP contribution in [0.4, 0.5) is 0 Å². The molecule has 8 amide bonds. The molecular formula is C70H126N8O8. The molecule has 0 aliphatic carbocycles. The van der Waals surface area contributed by atoms with Crippen molar-refractivity contribution >= 4 is 47.3 Å². The van der Waals surface area contributed by atoms with E-state index >= 15 is 9.59 Å². The summed E-state index contributed by atoms with van der Waals surface area (Å²) in [6.45, 7) is 24.8. The van der Waals surface area contributed by atoms with Crippen LogP contribution in [0.5, 0.6) is 0 Å². The van der Waals surface area contributed by atoms with E-state index in [1.165, 1.54) is 128 Å². The Hall–Kier alpha value is -3.92. The summed E-state index contributed by atoms with van der Waals surface area (Å²) in [7, 11) is 0. The summed E-state index contributed by atoms with van der Waals surface area (Å²) in [5.74, 6) is -10.6. The number of carbonyl (C=O) groups excluding carboxylic acids is 8. The highest BCUT2D eigenvalue weighted by atomic mass is 16.2. The van der Waals surface area contributed by atoms with Gasteiger partial charge in [-0.15, -0.1) is 0 Å². The fourth-order valence-corrected chi connectivity index (χ4v) is 15.8. The Balaban J connectivity index is 1.55. The van der Waals surface area contributed by atoms with Gasteiger partial charge in [-0.2, -0.15) is 10.0 Å². The second kappa shape index (κ2) is 37.3. The van der Waals surface area contributed by atoms with E-state index < -0.39 is 76.8 Å². The highest BCUT2D eigenvalue weighted by Gasteiger charge is 2.55. The van der Waals surface area contributed by atoms with E-state index in [4.69, 9.17) is 0 Å². The zero-order chi connectivity index (χ0) is 63.5. The first kappa shape index (κ1) is 74.5. The number of nitrogens with zero attached hydrogens (tertiary/aromatic N) is 2. The molecule has 6 atom stereocenters. The van der Waals surface area contributed by atoms with Crippen molar-refractivity contribution in [1.82, 2.24) is 42.1 Å². The molecule has 4 fully saturated rings. The zero-order valence-electron chi connectivity index (χ0n) is 56.6. The van der Waals surface area contributed by atoms with Crippen LogP contribution in [0.1, 0.15) is 327 Å². The minimum absolute atomic E-state index is 0.0822. The monoisotopic (exact) mass is 1210 g/mol. The van der Waals surface area contributed by atoms with Crippen LogP contribution in [0.2, 0.25) is 0 Å². The van der Waals surface area contributed by atoms with E-state index in [1.807, 2.05) is 34.6 Å². The Morgan fingerprint density at radius 1 is 0.407 bits per heavy atom. The second-order valence-electron chi connectivity index (χ2n) is 29.9. The van der Waals surface area contributed by atoms with Crippen LogP contribution in [0.25, 0.3) is 0 Å². The molecule has 494 valence electrons. The molecule has 16 nitrogen and oxygen atoms in total. The third-order valence-electron chi connectivity index (χ3n) is 19.5. The summed E-state index contributed by atoms with van der Waals surface area (Å²) < 4.78 is 0. The Kier molecular flexibility index (Phi) is 32.3. The molecule has 0 aromatic carbocycles. The first-order valence-corrected chi connectivity index (χ1v) is 35.3. The molecule has 4 rings (SSSR count). The zero-order valence-corrected chi connectivity index (χ0v) is 56.6. The molecule has 0 saturated carbocycles. The molecule has 86 heavy (non-hydrogen) atoms. The van der Waals surface area contributed by atoms with Crippen molar-refractivity contribution in [1.29, 1.82) is 0 Å². The Bertz CT molecular complexity index is 2100. The maximum absolute atomic E-state index is 15.3. The number of unbranched alkanes of at least 4 members (excludes halogenated alkanes) is 26. The van der Waals surface area contributed by atoms with Crippen molar-refractivity contribution in [2.45, 2.75) is 361 Å². The van der Waals surface area contributed by atoms with Crippen molar-refractivity contribution in [3.8, 4) is 0 Å². The van der Waals surface area contributed by atoms with E-state index in [0.29, 0.717) is 43.5 Å². The lowest BCUT2D eigenvalue weighted by molar-refractivity contribution is -0.153. The molecule has 0 bridgehead atoms. The molecule has 4 aliphatic heterocycles. The molecule has 0 radical (unpaired) electrons. The number of rotatable bonds is 41. The van der Waals surface area contributed by atoms with Crippen LogP contribution >= 0.6 is 0 Å². The average molecular weight is 1210 g/mol. The molecule has 6 N–H and O–H groups in total. The second-order valence-corrected chi connectivity index (χ2v) is 29.9. The topological polar surface area (TPSA) is 215 Å². The number of carbonyl (C=O) groups is 8. The van der Waals surface area contributed by atoms with Gasteiger partial charge in [-0.05, 0) is 119 Å². The number of amides is 8. The van der Waals surface area contributed by atoms with Gasteiger partial charge in [-0.25, -0.2) is 10.9 Å². The van der Waals surface area contributed by atoms with Gasteiger partial charge in [-0.3, -0.25) is 38.4 Å². The maximum atomic E-state index is 15.3. The van der Waals surface area contributed by atoms with E-state index in [-0.39, 0.29) is 53.0 Å². The quantitative estimate of drug-likeness (QED) is 0.0193. The van der Waals surface area contributed by atoms with Crippen LogP contribution in [-0.2, 0) is 38.4 Å². The first-order valence-electron chi connectivity index (χ1n) is 35.3. The molecule has 0 spiro atoms. The van der Waals surface area contributed by atoms with Gasteiger partial charge in [0.15, 0.2) is 0 Å². The molecule has 0 aromatic rings. The maximum Gasteiger partial charge on any atom is 0.328 e. The van der Waals surface area contributed by atoms with Crippen LogP contribution in [0, 0.1) is 35.5 Å². The van der Waals surface area contributed by atoms with Crippen molar-refractivity contribution in [3.05, 3.63) is 0 Å². The minimum atomic E-state index is -1.11. The van der Waals surface area contributed by atoms with Crippen molar-refractivity contribution in [3.63, 3.8) is 0 Å². The number of hydrazine groups is 2. The number of hydrogen-bond donors (Lipinski definition) is 6. The Morgan fingerprint density at radius 2 is 0.721 bits per heavy atom. The van der Waals surface area contributed by atoms with Crippen molar-refractivity contribution in [2.24, 2.45) is 35.5 Å². The standard InChI is InChI=1S/C70H126N8O8/c1-13-17-19-21-23-25-27-29-31-33-35-37-39-41-43-51(15-3)45-57-58(66(86)78(65(57)85)74-62(82)60(80)72-54-49-69(9,10)76-70(11,12)50-54)52(44-42-40-38-36-34-32-30-28-26-24-22-20-18-14-2)46-56-55(16-4)63(83)77(64(56)84)73-61(81)59(79)71-53-47-67(5,6)75-68(7,8)48-53/h51-58,75-76H,13-50H2,1-12H3,(H,71,79)(H,72,80)(H,73,81)(H,74,82). The predicted octanol–water partition coefficient (Wildman–Crippen LogP) is 13.7. The molecule has 4 heterocycles. The van der Waals surface area contributed by atoms with Crippen LogP contribution in [0.15, 0.2) is 0 Å². The highest BCUT2D eigenvalue weighted by Crippen LogP contribution is 2.45. The van der Waals surface area contributed by atoms with E-state index in [9.17, 15) is 28.8 Å². The normalized spacial score (nSPS) is 22.7. The molecule has 6 unspecified atom stereocenters. The van der Waals surface area contributed by atoms with E-state index in [0.717, 1.165) is 69.2 Å². The molecular weight excluding hydrogens is 1080 g/mol. The summed E-state index contributed by atoms with van der Waals surface area (Å²) in [5, 5.41) is 14.4. The first-order chi connectivity index (χ1) is 40.8. The Labute approximate surface area is 522 Å². The third-order valence-corrected chi connectivity index (χ3v) is 19.5. The largest absolute Gasteiger partial charge is 0.345 e. The van der Waals surface area contributed by atoms with Gasteiger partial charge < -0.3 is 21.3 Å². The SMILES string of the molecule is CCCCCCCCCCCCCCCCC(CC)CC1C(=O)N(NC(=O)C(=O)NC2CC(C)(C)NC(C)(C)C2)C(=O)C1C(CCCCCCCCCCCCCCCC)CC1C(=O)N(NC(=O)C(=O)NC2CC(C)(C)NC(C)(C)C2)C(=O)C1CC. The van der Waals surface area contributed by atoms with Gasteiger partial charge in [0.2, 0.25) is 0 Å². The van der Waals surface area contributed by atoms with Crippen molar-refractivity contribution < 1.29 is 38.4 Å². The lowest BCUT2D eigenvalue weighted by Crippen LogP contribution is -2.63. The number of nitrogens with one attached hydrogen (secondary N) is 6. The van der Waals surface area contributed by atoms with Gasteiger partial charge in [-0.1, -0.05) is 220 Å². The summed E-state index contributed by atoms with van der Waals surface area (Å²) in [6.07, 6.45) is 39.1. The predicted molar refractivity (Wildman–Crippen MR) is 346 cm³/mol. The molecule has 4 aliphatic rings. The van der Waals surface area contributed by atoms with Crippen LogP contribution in [-0.4, -0.2) is 91.5 Å². The van der Waals surface area contributed by atoms with Crippen molar-refractivity contribution in [2.75, 3.05) is 0 Å². The number of imide groups is 2. The van der Waals surface area contributed by atoms with E-state index in [1.54, 1.807) is 0 Å². The number of piperidine rings is 2. The average Bonchev–Trinajstić information content (AvgIpc) is 1.73. The fraction of sp³-hybridized carbons (Fsp3) is 0.886. The molecule has 0 aromatic heterocycles. The van der Waals surface area contributed by atoms with Crippen LogP contribution in [0.3, 0.4) is 0 Å². The molecule has 4 saturated heterocycles. The summed E-state index contributed by atoms with van der Waals surface area (Å²) in [6, 6.07) is -0.652. The number of hydrogen-bond acceptors (Lipinski definition) is 10. The lowest BCUT2D eigenvalue weighted by atomic mass is 9.71.